The molecule has 1 heterocycles. The summed E-state index contributed by atoms with van der Waals surface area (Å²) < 4.78 is 23.4. The van der Waals surface area contributed by atoms with Crippen LogP contribution in [0.25, 0.3) is 54.8 Å². The van der Waals surface area contributed by atoms with Gasteiger partial charge >= 0.3 is 18.1 Å². The van der Waals surface area contributed by atoms with E-state index in [1.54, 1.807) is 12.1 Å². The lowest BCUT2D eigenvalue weighted by molar-refractivity contribution is -0.131. The molecule has 0 N–H and O–H groups in total. The van der Waals surface area contributed by atoms with Crippen LogP contribution in [0.3, 0.4) is 0 Å². The lowest BCUT2D eigenvalue weighted by Gasteiger charge is -2.18. The number of hydrogen-bond acceptors (Lipinski definition) is 6. The van der Waals surface area contributed by atoms with E-state index < -0.39 is 12.1 Å². The molecule has 6 nitrogen and oxygen atoms in total. The molecule has 0 aliphatic rings. The van der Waals surface area contributed by atoms with Gasteiger partial charge in [-0.2, -0.15) is 0 Å². The van der Waals surface area contributed by atoms with Crippen LogP contribution in [0.15, 0.2) is 132 Å². The fourth-order valence-electron chi connectivity index (χ4n) is 5.50. The zero-order valence-corrected chi connectivity index (χ0v) is 23.1. The van der Waals surface area contributed by atoms with Crippen molar-refractivity contribution in [1.82, 2.24) is 0 Å². The molecule has 0 saturated carbocycles. The number of hydrogen-bond donors (Lipinski definition) is 0. The molecule has 0 aliphatic carbocycles. The van der Waals surface area contributed by atoms with Crippen LogP contribution in [0.5, 0.6) is 17.4 Å². The molecule has 0 atom stereocenters. The van der Waals surface area contributed by atoms with Gasteiger partial charge in [-0.1, -0.05) is 109 Å². The van der Waals surface area contributed by atoms with Crippen molar-refractivity contribution >= 4 is 44.6 Å². The van der Waals surface area contributed by atoms with Crippen LogP contribution in [0, 0.1) is 0 Å². The molecule has 0 bridgehead atoms. The van der Waals surface area contributed by atoms with E-state index >= 15 is 0 Å². The molecule has 0 saturated heterocycles. The second kappa shape index (κ2) is 10.8. The Morgan fingerprint density at radius 2 is 1.05 bits per heavy atom. The van der Waals surface area contributed by atoms with Gasteiger partial charge in [-0.05, 0) is 45.3 Å². The number of carbonyl (C=O) groups excluding carboxylic acids is 2. The number of para-hydroxylation sites is 1. The molecule has 208 valence electrons. The van der Waals surface area contributed by atoms with Gasteiger partial charge in [0.05, 0.1) is 5.56 Å². The molecule has 6 heteroatoms. The van der Waals surface area contributed by atoms with Gasteiger partial charge in [0.15, 0.2) is 0 Å². The maximum atomic E-state index is 13.5. The third-order valence-corrected chi connectivity index (χ3v) is 7.28. The van der Waals surface area contributed by atoms with Crippen molar-refractivity contribution in [3.05, 3.63) is 127 Å². The third kappa shape index (κ3) is 4.85. The predicted octanol–water partition coefficient (Wildman–Crippen LogP) is 9.58. The van der Waals surface area contributed by atoms with Crippen molar-refractivity contribution in [2.24, 2.45) is 0 Å². The van der Waals surface area contributed by atoms with E-state index in [1.807, 2.05) is 115 Å². The first-order chi connectivity index (χ1) is 21.1. The Morgan fingerprint density at radius 3 is 1.67 bits per heavy atom. The van der Waals surface area contributed by atoms with Crippen LogP contribution in [0.4, 0.5) is 4.79 Å². The summed E-state index contributed by atoms with van der Waals surface area (Å²) >= 11 is 0. The standard InChI is InChI=1S/C37H24O6/c1-23(38)40-31-21-19-24-11-5-7-15-27(24)34(31)35-28-16-8-6-12-25(28)20-22-32(35)42-37(39)43-36-33(26-13-3-2-4-14-26)29-17-9-10-18-30(29)41-36/h2-22H,1H3. The molecule has 43 heavy (non-hydrogen) atoms. The Bertz CT molecular complexity index is 2160. The first-order valence-electron chi connectivity index (χ1n) is 13.8. The number of fused-ring (bicyclic) bond motifs is 3. The zero-order chi connectivity index (χ0) is 29.3. The summed E-state index contributed by atoms with van der Waals surface area (Å²) in [5, 5.41) is 4.31. The van der Waals surface area contributed by atoms with E-state index in [0.29, 0.717) is 28.0 Å². The van der Waals surface area contributed by atoms with Crippen LogP contribution in [0.2, 0.25) is 0 Å². The van der Waals surface area contributed by atoms with Crippen molar-refractivity contribution < 1.29 is 28.2 Å². The summed E-state index contributed by atoms with van der Waals surface area (Å²) in [7, 11) is 0. The normalized spacial score (nSPS) is 11.1. The summed E-state index contributed by atoms with van der Waals surface area (Å²) in [5.41, 5.74) is 3.29. The summed E-state index contributed by atoms with van der Waals surface area (Å²) in [5.74, 6) is 0.165. The molecule has 0 unspecified atom stereocenters. The second-order valence-corrected chi connectivity index (χ2v) is 9.99. The molecular formula is C37H24O6. The van der Waals surface area contributed by atoms with Gasteiger partial charge in [0, 0.05) is 23.4 Å². The lowest BCUT2D eigenvalue weighted by atomic mass is 9.92. The van der Waals surface area contributed by atoms with Crippen molar-refractivity contribution in [2.45, 2.75) is 6.92 Å². The van der Waals surface area contributed by atoms with Crippen LogP contribution in [-0.4, -0.2) is 12.1 Å². The maximum Gasteiger partial charge on any atom is 0.521 e. The number of carbonyl (C=O) groups is 2. The number of esters is 1. The Kier molecular flexibility index (Phi) is 6.56. The zero-order valence-electron chi connectivity index (χ0n) is 23.1. The van der Waals surface area contributed by atoms with Gasteiger partial charge in [-0.15, -0.1) is 0 Å². The van der Waals surface area contributed by atoms with E-state index in [9.17, 15) is 9.59 Å². The molecule has 0 fully saturated rings. The number of ether oxygens (including phenoxy) is 3. The molecule has 0 aliphatic heterocycles. The average molecular weight is 565 g/mol. The minimum atomic E-state index is -0.970. The van der Waals surface area contributed by atoms with Crippen LogP contribution in [0.1, 0.15) is 6.92 Å². The monoisotopic (exact) mass is 564 g/mol. The lowest BCUT2D eigenvalue weighted by Crippen LogP contribution is -2.14. The highest BCUT2D eigenvalue weighted by molar-refractivity contribution is 6.10. The Labute approximate surface area is 246 Å². The van der Waals surface area contributed by atoms with Crippen molar-refractivity contribution in [2.75, 3.05) is 0 Å². The first kappa shape index (κ1) is 26.0. The number of benzene rings is 6. The van der Waals surface area contributed by atoms with Crippen molar-refractivity contribution in [3.8, 4) is 39.7 Å². The van der Waals surface area contributed by atoms with Gasteiger partial charge in [0.1, 0.15) is 17.1 Å². The molecule has 0 amide bonds. The quantitative estimate of drug-likeness (QED) is 0.118. The van der Waals surface area contributed by atoms with Gasteiger partial charge in [0.25, 0.3) is 0 Å². The van der Waals surface area contributed by atoms with E-state index in [1.165, 1.54) is 6.92 Å². The topological polar surface area (TPSA) is 75.0 Å². The SMILES string of the molecule is CC(=O)Oc1ccc2ccccc2c1-c1c(OC(=O)Oc2oc3ccccc3c2-c2ccccc2)ccc2ccccc12. The number of rotatable bonds is 5. The Morgan fingerprint density at radius 1 is 0.512 bits per heavy atom. The second-order valence-electron chi connectivity index (χ2n) is 9.99. The van der Waals surface area contributed by atoms with E-state index in [0.717, 1.165) is 32.5 Å². The molecule has 7 rings (SSSR count). The summed E-state index contributed by atoms with van der Waals surface area (Å²) in [4.78, 5) is 25.6. The average Bonchev–Trinajstić information content (AvgIpc) is 3.39. The molecular weight excluding hydrogens is 540 g/mol. The van der Waals surface area contributed by atoms with Crippen molar-refractivity contribution in [3.63, 3.8) is 0 Å². The molecule has 0 radical (unpaired) electrons. The summed E-state index contributed by atoms with van der Waals surface area (Å²) in [6.45, 7) is 1.36. The predicted molar refractivity (Wildman–Crippen MR) is 167 cm³/mol. The van der Waals surface area contributed by atoms with E-state index in [4.69, 9.17) is 18.6 Å². The van der Waals surface area contributed by atoms with Crippen LogP contribution in [-0.2, 0) is 4.79 Å². The minimum Gasteiger partial charge on any atom is -0.426 e. The maximum absolute atomic E-state index is 13.5. The molecule has 0 spiro atoms. The first-order valence-corrected chi connectivity index (χ1v) is 13.8. The summed E-state index contributed by atoms with van der Waals surface area (Å²) in [6, 6.07) is 39.8. The number of furan rings is 1. The fourth-order valence-corrected chi connectivity index (χ4v) is 5.50. The highest BCUT2D eigenvalue weighted by Crippen LogP contribution is 2.46. The molecule has 1 aromatic heterocycles. The molecule has 6 aromatic carbocycles. The third-order valence-electron chi connectivity index (χ3n) is 7.28. The summed E-state index contributed by atoms with van der Waals surface area (Å²) in [6.07, 6.45) is -0.970. The van der Waals surface area contributed by atoms with E-state index in [2.05, 4.69) is 0 Å². The minimum absolute atomic E-state index is 0.0329. The van der Waals surface area contributed by atoms with Crippen LogP contribution < -0.4 is 14.2 Å². The molecule has 7 aromatic rings. The Hall–Kier alpha value is -5.88. The smallest absolute Gasteiger partial charge is 0.426 e. The van der Waals surface area contributed by atoms with Gasteiger partial charge < -0.3 is 18.6 Å². The van der Waals surface area contributed by atoms with Crippen LogP contribution >= 0.6 is 0 Å². The van der Waals surface area contributed by atoms with Gasteiger partial charge in [-0.25, -0.2) is 4.79 Å². The highest BCUT2D eigenvalue weighted by atomic mass is 16.8. The van der Waals surface area contributed by atoms with E-state index in [-0.39, 0.29) is 11.7 Å². The van der Waals surface area contributed by atoms with Crippen molar-refractivity contribution in [1.29, 1.82) is 0 Å². The fraction of sp³-hybridized carbons (Fsp3) is 0.0270. The largest absolute Gasteiger partial charge is 0.521 e. The van der Waals surface area contributed by atoms with Gasteiger partial charge in [-0.3, -0.25) is 4.79 Å². The Balaban J connectivity index is 1.36. The van der Waals surface area contributed by atoms with Gasteiger partial charge in [0.2, 0.25) is 0 Å². The highest BCUT2D eigenvalue weighted by Gasteiger charge is 2.24.